The Balaban J connectivity index is 1.85. The first-order chi connectivity index (χ1) is 12.3. The van der Waals surface area contributed by atoms with Crippen LogP contribution in [0, 0.1) is 6.92 Å². The Bertz CT molecular complexity index is 976. The van der Waals surface area contributed by atoms with E-state index in [1.807, 2.05) is 50.3 Å². The lowest BCUT2D eigenvalue weighted by Crippen LogP contribution is -2.57. The van der Waals surface area contributed by atoms with Crippen molar-refractivity contribution >= 4 is 11.5 Å². The first kappa shape index (κ1) is 16.7. The van der Waals surface area contributed by atoms with Gasteiger partial charge in [0.1, 0.15) is 11.6 Å². The molecule has 2 heterocycles. The molecule has 0 atom stereocenters. The lowest BCUT2D eigenvalue weighted by atomic mass is 9.77. The van der Waals surface area contributed by atoms with Gasteiger partial charge >= 0.3 is 0 Å². The van der Waals surface area contributed by atoms with E-state index in [2.05, 4.69) is 15.7 Å². The molecule has 26 heavy (non-hydrogen) atoms. The van der Waals surface area contributed by atoms with Crippen LogP contribution in [0.1, 0.15) is 30.9 Å². The van der Waals surface area contributed by atoms with Crippen molar-refractivity contribution in [3.63, 3.8) is 0 Å². The van der Waals surface area contributed by atoms with Crippen LogP contribution in [0.15, 0.2) is 36.7 Å². The summed E-state index contributed by atoms with van der Waals surface area (Å²) in [6.07, 6.45) is 5.01. The highest BCUT2D eigenvalue weighted by Gasteiger charge is 2.39. The number of aromatic hydroxyl groups is 1. The second-order valence-electron chi connectivity index (χ2n) is 7.58. The van der Waals surface area contributed by atoms with Gasteiger partial charge < -0.3 is 15.5 Å². The average molecular weight is 352 g/mol. The fraction of sp³-hybridized carbons (Fsp3) is 0.350. The zero-order valence-electron chi connectivity index (χ0n) is 15.2. The zero-order chi connectivity index (χ0) is 18.5. The molecule has 6 nitrogen and oxygen atoms in total. The van der Waals surface area contributed by atoms with Gasteiger partial charge in [0.2, 0.25) is 0 Å². The molecular formula is C20H24N4O2. The van der Waals surface area contributed by atoms with Crippen molar-refractivity contribution in [1.82, 2.24) is 20.7 Å². The molecule has 4 N–H and O–H groups in total. The number of hydrogen-bond donors (Lipinski definition) is 4. The van der Waals surface area contributed by atoms with Crippen LogP contribution in [0.4, 0.5) is 0 Å². The van der Waals surface area contributed by atoms with Gasteiger partial charge in [-0.3, -0.25) is 15.4 Å². The Morgan fingerprint density at radius 2 is 2.04 bits per heavy atom. The second kappa shape index (κ2) is 5.92. The minimum absolute atomic E-state index is 0.225. The zero-order valence-corrected chi connectivity index (χ0v) is 15.2. The number of aromatic nitrogens is 1. The fourth-order valence-electron chi connectivity index (χ4n) is 3.85. The van der Waals surface area contributed by atoms with Gasteiger partial charge in [0.15, 0.2) is 0 Å². The first-order valence-corrected chi connectivity index (χ1v) is 8.82. The number of phenols is 1. The Morgan fingerprint density at radius 3 is 2.73 bits per heavy atom. The van der Waals surface area contributed by atoms with Gasteiger partial charge in [-0.1, -0.05) is 6.07 Å². The van der Waals surface area contributed by atoms with Crippen LogP contribution in [0.3, 0.4) is 0 Å². The maximum Gasteiger partial charge on any atom is 0.128 e. The summed E-state index contributed by atoms with van der Waals surface area (Å²) in [4.78, 5) is 4.27. The van der Waals surface area contributed by atoms with Gasteiger partial charge in [0.25, 0.3) is 0 Å². The minimum Gasteiger partial charge on any atom is -0.507 e. The third-order valence-corrected chi connectivity index (χ3v) is 5.09. The number of hydrogen-bond acceptors (Lipinski definition) is 6. The van der Waals surface area contributed by atoms with Crippen LogP contribution in [0.25, 0.3) is 11.5 Å². The van der Waals surface area contributed by atoms with Crippen molar-refractivity contribution in [1.29, 1.82) is 0 Å². The van der Waals surface area contributed by atoms with Crippen molar-refractivity contribution < 1.29 is 10.2 Å². The molecular weight excluding hydrogens is 328 g/mol. The second-order valence-corrected chi connectivity index (χ2v) is 7.58. The summed E-state index contributed by atoms with van der Waals surface area (Å²) in [5, 5.41) is 27.8. The quantitative estimate of drug-likeness (QED) is 0.635. The predicted molar refractivity (Wildman–Crippen MR) is 99.9 cm³/mol. The number of pyridine rings is 1. The van der Waals surface area contributed by atoms with E-state index >= 15 is 0 Å². The van der Waals surface area contributed by atoms with Crippen LogP contribution in [-0.4, -0.2) is 38.9 Å². The first-order valence-electron chi connectivity index (χ1n) is 8.82. The molecule has 0 bridgehead atoms. The standard InChI is InChI=1S/C20H24N4O2/c1-12-4-5-15(17(25)8-12)18-14-6-7-21-11-16(14)19(23-24(18)3)22-13-9-20(2,26)10-13/h4-8,11,13,22-23,25-26H,9-10H2,1-3H3. The molecule has 136 valence electrons. The van der Waals surface area contributed by atoms with Crippen molar-refractivity contribution in [2.75, 3.05) is 7.05 Å². The van der Waals surface area contributed by atoms with E-state index in [-0.39, 0.29) is 11.8 Å². The van der Waals surface area contributed by atoms with Crippen molar-refractivity contribution in [2.24, 2.45) is 0 Å². The van der Waals surface area contributed by atoms with E-state index in [1.165, 1.54) is 0 Å². The topological polar surface area (TPSA) is 80.7 Å². The molecule has 4 rings (SSSR count). The van der Waals surface area contributed by atoms with Crippen LogP contribution in [-0.2, 0) is 0 Å². The highest BCUT2D eigenvalue weighted by Crippen LogP contribution is 2.32. The van der Waals surface area contributed by atoms with E-state index < -0.39 is 5.60 Å². The van der Waals surface area contributed by atoms with Crippen LogP contribution in [0.2, 0.25) is 0 Å². The Kier molecular flexibility index (Phi) is 3.80. The maximum atomic E-state index is 10.5. The normalized spacial score (nSPS) is 24.6. The number of aryl methyl sites for hydroxylation is 1. The molecule has 1 aromatic heterocycles. The van der Waals surface area contributed by atoms with Gasteiger partial charge in [0.05, 0.1) is 11.3 Å². The molecule has 6 heteroatoms. The third-order valence-electron chi connectivity index (χ3n) is 5.09. The van der Waals surface area contributed by atoms with Crippen LogP contribution >= 0.6 is 0 Å². The number of fused-ring (bicyclic) bond motifs is 1. The minimum atomic E-state index is -0.582. The predicted octanol–water partition coefficient (Wildman–Crippen LogP) is 0.271. The van der Waals surface area contributed by atoms with Gasteiger partial charge in [0, 0.05) is 41.5 Å². The SMILES string of the molecule is Cc1ccc(C2=c3ccncc3=C(NC3CC(C)(O)C3)NN2C)c(O)c1. The lowest BCUT2D eigenvalue weighted by molar-refractivity contribution is -0.0353. The van der Waals surface area contributed by atoms with Crippen molar-refractivity contribution in [3.8, 4) is 5.75 Å². The monoisotopic (exact) mass is 352 g/mol. The summed E-state index contributed by atoms with van der Waals surface area (Å²) in [6, 6.07) is 7.88. The van der Waals surface area contributed by atoms with E-state index in [9.17, 15) is 10.2 Å². The summed E-state index contributed by atoms with van der Waals surface area (Å²) in [7, 11) is 1.93. The van der Waals surface area contributed by atoms with Gasteiger partial charge in [-0.25, -0.2) is 0 Å². The summed E-state index contributed by atoms with van der Waals surface area (Å²) < 4.78 is 0. The smallest absolute Gasteiger partial charge is 0.128 e. The van der Waals surface area contributed by atoms with Crippen LogP contribution < -0.4 is 21.2 Å². The molecule has 1 fully saturated rings. The number of hydrazine groups is 1. The molecule has 0 amide bonds. The molecule has 1 aromatic carbocycles. The third kappa shape index (κ3) is 2.86. The molecule has 2 aromatic rings. The van der Waals surface area contributed by atoms with Crippen molar-refractivity contribution in [2.45, 2.75) is 38.3 Å². The Labute approximate surface area is 152 Å². The molecule has 1 aliphatic carbocycles. The molecule has 1 aliphatic heterocycles. The fourth-order valence-corrected chi connectivity index (χ4v) is 3.85. The maximum absolute atomic E-state index is 10.5. The number of rotatable bonds is 3. The van der Waals surface area contributed by atoms with Gasteiger partial charge in [-0.05, 0) is 50.5 Å². The highest BCUT2D eigenvalue weighted by molar-refractivity contribution is 5.71. The molecule has 0 spiro atoms. The van der Waals surface area contributed by atoms with Crippen LogP contribution in [0.5, 0.6) is 5.75 Å². The van der Waals surface area contributed by atoms with E-state index in [0.29, 0.717) is 12.8 Å². The summed E-state index contributed by atoms with van der Waals surface area (Å²) in [6.45, 7) is 3.82. The highest BCUT2D eigenvalue weighted by atomic mass is 16.3. The Morgan fingerprint density at radius 1 is 1.27 bits per heavy atom. The number of benzene rings is 1. The van der Waals surface area contributed by atoms with E-state index in [0.717, 1.165) is 33.1 Å². The molecule has 0 unspecified atom stereocenters. The number of phenolic OH excluding ortho intramolecular Hbond substituents is 1. The molecule has 1 saturated carbocycles. The van der Waals surface area contributed by atoms with Gasteiger partial charge in [-0.2, -0.15) is 0 Å². The molecule has 0 saturated heterocycles. The number of nitrogens with one attached hydrogen (secondary N) is 2. The summed E-state index contributed by atoms with van der Waals surface area (Å²) in [5.41, 5.74) is 5.45. The molecule has 0 radical (unpaired) electrons. The Hall–Kier alpha value is -2.73. The summed E-state index contributed by atoms with van der Waals surface area (Å²) in [5.74, 6) is 1.12. The molecule has 2 aliphatic rings. The van der Waals surface area contributed by atoms with Crippen molar-refractivity contribution in [3.05, 3.63) is 58.2 Å². The van der Waals surface area contributed by atoms with E-state index in [1.54, 1.807) is 12.3 Å². The largest absolute Gasteiger partial charge is 0.507 e. The average Bonchev–Trinajstić information content (AvgIpc) is 2.55. The number of aliphatic hydroxyl groups is 1. The van der Waals surface area contributed by atoms with E-state index in [4.69, 9.17) is 0 Å². The lowest BCUT2D eigenvalue weighted by Gasteiger charge is -2.43. The number of nitrogens with zero attached hydrogens (tertiary/aromatic N) is 2. The summed E-state index contributed by atoms with van der Waals surface area (Å²) >= 11 is 0. The van der Waals surface area contributed by atoms with Gasteiger partial charge in [-0.15, -0.1) is 0 Å².